The quantitative estimate of drug-likeness (QED) is 0.931. The van der Waals surface area contributed by atoms with Crippen molar-refractivity contribution in [3.8, 4) is 6.07 Å². The van der Waals surface area contributed by atoms with Gasteiger partial charge in [0.1, 0.15) is 5.76 Å². The summed E-state index contributed by atoms with van der Waals surface area (Å²) in [5.74, 6) is 0.830. The van der Waals surface area contributed by atoms with E-state index in [0.717, 1.165) is 22.6 Å². The molecule has 1 heterocycles. The highest BCUT2D eigenvalue weighted by molar-refractivity contribution is 6.31. The lowest BCUT2D eigenvalue weighted by Crippen LogP contribution is -2.14. The summed E-state index contributed by atoms with van der Waals surface area (Å²) in [4.78, 5) is 0. The van der Waals surface area contributed by atoms with Crippen molar-refractivity contribution in [2.75, 3.05) is 0 Å². The van der Waals surface area contributed by atoms with Gasteiger partial charge >= 0.3 is 0 Å². The van der Waals surface area contributed by atoms with E-state index < -0.39 is 0 Å². The fraction of sp³-hybridized carbons (Fsp3) is 0.286. The number of hydrogen-bond donors (Lipinski definition) is 1. The summed E-state index contributed by atoms with van der Waals surface area (Å²) in [5, 5.41) is 16.6. The van der Waals surface area contributed by atoms with Gasteiger partial charge in [-0.3, -0.25) is 0 Å². The molecule has 4 nitrogen and oxygen atoms in total. The SMILES string of the molecule is Cc1noc(C)c1CNCc1ccc(C#N)cc1Cl. The standard InChI is InChI=1S/C14H14ClN3O/c1-9-13(10(2)19-18-9)8-17-7-12-4-3-11(6-16)5-14(12)15/h3-5,17H,7-8H2,1-2H3. The molecule has 0 aliphatic heterocycles. The number of aromatic nitrogens is 1. The van der Waals surface area contributed by atoms with Gasteiger partial charge in [0, 0.05) is 23.7 Å². The average Bonchev–Trinajstić information content (AvgIpc) is 2.72. The molecular weight excluding hydrogens is 262 g/mol. The van der Waals surface area contributed by atoms with Crippen LogP contribution in [0.2, 0.25) is 5.02 Å². The van der Waals surface area contributed by atoms with Crippen molar-refractivity contribution in [3.05, 3.63) is 51.4 Å². The summed E-state index contributed by atoms with van der Waals surface area (Å²) in [5.41, 5.74) is 3.51. The van der Waals surface area contributed by atoms with Gasteiger partial charge in [-0.25, -0.2) is 0 Å². The van der Waals surface area contributed by atoms with E-state index in [9.17, 15) is 0 Å². The molecule has 1 aromatic carbocycles. The number of rotatable bonds is 4. The lowest BCUT2D eigenvalue weighted by molar-refractivity contribution is 0.392. The molecular formula is C14H14ClN3O. The fourth-order valence-electron chi connectivity index (χ4n) is 1.84. The van der Waals surface area contributed by atoms with Crippen molar-refractivity contribution in [2.45, 2.75) is 26.9 Å². The Morgan fingerprint density at radius 1 is 1.37 bits per heavy atom. The third kappa shape index (κ3) is 3.14. The molecule has 0 saturated heterocycles. The molecule has 0 bridgehead atoms. The van der Waals surface area contributed by atoms with Crippen LogP contribution in [0, 0.1) is 25.2 Å². The van der Waals surface area contributed by atoms with Gasteiger partial charge < -0.3 is 9.84 Å². The van der Waals surface area contributed by atoms with E-state index >= 15 is 0 Å². The van der Waals surface area contributed by atoms with Crippen LogP contribution in [-0.2, 0) is 13.1 Å². The van der Waals surface area contributed by atoms with Crippen LogP contribution in [0.1, 0.15) is 28.1 Å². The number of halogens is 1. The summed E-state index contributed by atoms with van der Waals surface area (Å²) in [6.07, 6.45) is 0. The molecule has 5 heteroatoms. The Hall–Kier alpha value is -1.83. The number of nitriles is 1. The molecule has 0 aliphatic rings. The second-order valence-corrected chi connectivity index (χ2v) is 4.73. The normalized spacial score (nSPS) is 10.4. The number of nitrogens with zero attached hydrogens (tertiary/aromatic N) is 2. The number of aryl methyl sites for hydroxylation is 2. The maximum atomic E-state index is 8.77. The first-order valence-electron chi connectivity index (χ1n) is 5.93. The van der Waals surface area contributed by atoms with E-state index in [4.69, 9.17) is 21.4 Å². The first kappa shape index (κ1) is 13.6. The molecule has 2 aromatic rings. The first-order chi connectivity index (χ1) is 9.11. The molecule has 0 fully saturated rings. The zero-order valence-electron chi connectivity index (χ0n) is 10.8. The summed E-state index contributed by atoms with van der Waals surface area (Å²) in [6, 6.07) is 7.36. The van der Waals surface area contributed by atoms with E-state index in [-0.39, 0.29) is 0 Å². The lowest BCUT2D eigenvalue weighted by Gasteiger charge is -2.06. The van der Waals surface area contributed by atoms with E-state index in [1.54, 1.807) is 12.1 Å². The van der Waals surface area contributed by atoms with Crippen LogP contribution in [0.3, 0.4) is 0 Å². The Balaban J connectivity index is 1.99. The van der Waals surface area contributed by atoms with E-state index in [2.05, 4.69) is 16.5 Å². The van der Waals surface area contributed by atoms with Gasteiger partial charge in [0.25, 0.3) is 0 Å². The van der Waals surface area contributed by atoms with E-state index in [1.807, 2.05) is 19.9 Å². The summed E-state index contributed by atoms with van der Waals surface area (Å²) < 4.78 is 5.10. The highest BCUT2D eigenvalue weighted by atomic mass is 35.5. The maximum Gasteiger partial charge on any atom is 0.138 e. The van der Waals surface area contributed by atoms with Crippen LogP contribution in [0.4, 0.5) is 0 Å². The lowest BCUT2D eigenvalue weighted by atomic mass is 10.1. The molecule has 19 heavy (non-hydrogen) atoms. The Labute approximate surface area is 117 Å². The Kier molecular flexibility index (Phi) is 4.20. The van der Waals surface area contributed by atoms with Crippen molar-refractivity contribution in [3.63, 3.8) is 0 Å². The summed E-state index contributed by atoms with van der Waals surface area (Å²) in [6.45, 7) is 5.13. The molecule has 98 valence electrons. The third-order valence-corrected chi connectivity index (χ3v) is 3.33. The van der Waals surface area contributed by atoms with Crippen LogP contribution < -0.4 is 5.32 Å². The second-order valence-electron chi connectivity index (χ2n) is 4.32. The third-order valence-electron chi connectivity index (χ3n) is 2.98. The monoisotopic (exact) mass is 275 g/mol. The van der Waals surface area contributed by atoms with Gasteiger partial charge in [0.05, 0.1) is 17.3 Å². The largest absolute Gasteiger partial charge is 0.361 e. The van der Waals surface area contributed by atoms with Gasteiger partial charge in [0.2, 0.25) is 0 Å². The van der Waals surface area contributed by atoms with Gasteiger partial charge in [-0.05, 0) is 31.5 Å². The average molecular weight is 276 g/mol. The Morgan fingerprint density at radius 3 is 2.74 bits per heavy atom. The molecule has 0 saturated carbocycles. The predicted molar refractivity (Wildman–Crippen MR) is 72.7 cm³/mol. The van der Waals surface area contributed by atoms with E-state index in [1.165, 1.54) is 0 Å². The number of nitrogens with one attached hydrogen (secondary N) is 1. The first-order valence-corrected chi connectivity index (χ1v) is 6.30. The molecule has 0 spiro atoms. The Morgan fingerprint density at radius 2 is 2.16 bits per heavy atom. The minimum atomic E-state index is 0.569. The van der Waals surface area contributed by atoms with Crippen LogP contribution in [-0.4, -0.2) is 5.16 Å². The maximum absolute atomic E-state index is 8.77. The molecule has 0 atom stereocenters. The highest BCUT2D eigenvalue weighted by Crippen LogP contribution is 2.18. The van der Waals surface area contributed by atoms with Gasteiger partial charge in [-0.1, -0.05) is 22.8 Å². The second kappa shape index (κ2) is 5.87. The van der Waals surface area contributed by atoms with Crippen molar-refractivity contribution in [1.82, 2.24) is 10.5 Å². The van der Waals surface area contributed by atoms with Gasteiger partial charge in [-0.2, -0.15) is 5.26 Å². The molecule has 0 amide bonds. The van der Waals surface area contributed by atoms with Crippen LogP contribution >= 0.6 is 11.6 Å². The molecule has 1 N–H and O–H groups in total. The molecule has 1 aromatic heterocycles. The summed E-state index contributed by atoms with van der Waals surface area (Å²) in [7, 11) is 0. The Bertz CT molecular complexity index is 609. The smallest absolute Gasteiger partial charge is 0.138 e. The highest BCUT2D eigenvalue weighted by Gasteiger charge is 2.08. The molecule has 0 aliphatic carbocycles. The number of benzene rings is 1. The number of hydrogen-bond acceptors (Lipinski definition) is 4. The van der Waals surface area contributed by atoms with Crippen LogP contribution in [0.5, 0.6) is 0 Å². The van der Waals surface area contributed by atoms with Crippen LogP contribution in [0.25, 0.3) is 0 Å². The summed E-state index contributed by atoms with van der Waals surface area (Å²) >= 11 is 6.11. The van der Waals surface area contributed by atoms with Gasteiger partial charge in [-0.15, -0.1) is 0 Å². The van der Waals surface area contributed by atoms with E-state index in [0.29, 0.717) is 23.7 Å². The van der Waals surface area contributed by atoms with Gasteiger partial charge in [0.15, 0.2) is 0 Å². The minimum Gasteiger partial charge on any atom is -0.361 e. The predicted octanol–water partition coefficient (Wildman–Crippen LogP) is 3.11. The van der Waals surface area contributed by atoms with Crippen LogP contribution in [0.15, 0.2) is 22.7 Å². The zero-order chi connectivity index (χ0) is 13.8. The fourth-order valence-corrected chi connectivity index (χ4v) is 2.08. The molecule has 2 rings (SSSR count). The van der Waals surface area contributed by atoms with Crippen molar-refractivity contribution in [2.24, 2.45) is 0 Å². The van der Waals surface area contributed by atoms with Crippen molar-refractivity contribution in [1.29, 1.82) is 5.26 Å². The molecule has 0 radical (unpaired) electrons. The minimum absolute atomic E-state index is 0.569. The zero-order valence-corrected chi connectivity index (χ0v) is 11.6. The molecule has 0 unspecified atom stereocenters. The topological polar surface area (TPSA) is 61.9 Å². The van der Waals surface area contributed by atoms with Crippen molar-refractivity contribution >= 4 is 11.6 Å². The van der Waals surface area contributed by atoms with Crippen molar-refractivity contribution < 1.29 is 4.52 Å².